The molecule has 9 nitrogen and oxygen atoms in total. The maximum atomic E-state index is 12.6. The van der Waals surface area contributed by atoms with Crippen molar-refractivity contribution in [2.24, 2.45) is 5.10 Å². The number of nitrogens with zero attached hydrogens (tertiary/aromatic N) is 5. The van der Waals surface area contributed by atoms with E-state index >= 15 is 0 Å². The van der Waals surface area contributed by atoms with Gasteiger partial charge in [-0.1, -0.05) is 0 Å². The van der Waals surface area contributed by atoms with Crippen molar-refractivity contribution in [1.29, 1.82) is 5.26 Å². The summed E-state index contributed by atoms with van der Waals surface area (Å²) in [5.41, 5.74) is 2.80. The highest BCUT2D eigenvalue weighted by Gasteiger charge is 2.20. The van der Waals surface area contributed by atoms with E-state index < -0.39 is 11.5 Å². The Balaban J connectivity index is 1.97. The fraction of sp³-hybridized carbons (Fsp3) is 0.100. The number of rotatable bonds is 5. The number of benzene rings is 1. The van der Waals surface area contributed by atoms with Crippen LogP contribution in [-0.4, -0.2) is 34.0 Å². The van der Waals surface area contributed by atoms with Crippen LogP contribution in [0.1, 0.15) is 27.2 Å². The summed E-state index contributed by atoms with van der Waals surface area (Å²) in [7, 11) is 1.52. The number of aromatic nitrogens is 3. The number of carbonyl (C=O) groups is 1. The molecule has 3 aromatic rings. The third-order valence-corrected chi connectivity index (χ3v) is 4.07. The number of pyridine rings is 1. The Morgan fingerprint density at radius 1 is 1.24 bits per heavy atom. The number of hydrogen-bond donors (Lipinski definition) is 1. The van der Waals surface area contributed by atoms with Crippen LogP contribution < -0.4 is 15.7 Å². The lowest BCUT2D eigenvalue weighted by Crippen LogP contribution is -2.31. The van der Waals surface area contributed by atoms with Crippen molar-refractivity contribution in [3.05, 3.63) is 81.5 Å². The summed E-state index contributed by atoms with van der Waals surface area (Å²) in [6.07, 6.45) is 4.64. The predicted octanol–water partition coefficient (Wildman–Crippen LogP) is 1.58. The molecule has 0 radical (unpaired) electrons. The molecule has 2 aromatic heterocycles. The van der Waals surface area contributed by atoms with Gasteiger partial charge in [-0.2, -0.15) is 20.1 Å². The summed E-state index contributed by atoms with van der Waals surface area (Å²) in [6.45, 7) is 1.49. The smallest absolute Gasteiger partial charge is 0.292 e. The topological polar surface area (TPSA) is 122 Å². The van der Waals surface area contributed by atoms with E-state index in [4.69, 9.17) is 4.74 Å². The summed E-state index contributed by atoms with van der Waals surface area (Å²) < 4.78 is 6.10. The first-order valence-corrected chi connectivity index (χ1v) is 8.47. The number of nitriles is 1. The van der Waals surface area contributed by atoms with Crippen LogP contribution in [0.2, 0.25) is 0 Å². The van der Waals surface area contributed by atoms with Gasteiger partial charge >= 0.3 is 0 Å². The van der Waals surface area contributed by atoms with Crippen molar-refractivity contribution in [2.75, 3.05) is 7.11 Å². The van der Waals surface area contributed by atoms with E-state index in [1.165, 1.54) is 20.2 Å². The Hall–Kier alpha value is -4.32. The van der Waals surface area contributed by atoms with Crippen molar-refractivity contribution in [1.82, 2.24) is 20.2 Å². The fourth-order valence-electron chi connectivity index (χ4n) is 2.52. The van der Waals surface area contributed by atoms with Gasteiger partial charge in [-0.3, -0.25) is 14.6 Å². The Bertz CT molecular complexity index is 1160. The molecule has 0 bridgehead atoms. The Morgan fingerprint density at radius 2 is 1.93 bits per heavy atom. The molecule has 3 rings (SSSR count). The summed E-state index contributed by atoms with van der Waals surface area (Å²) >= 11 is 0. The second-order valence-electron chi connectivity index (χ2n) is 5.86. The van der Waals surface area contributed by atoms with Crippen LogP contribution in [0.5, 0.6) is 5.75 Å². The molecule has 0 aliphatic carbocycles. The van der Waals surface area contributed by atoms with E-state index in [2.05, 4.69) is 20.6 Å². The molecule has 144 valence electrons. The number of hydrazone groups is 1. The maximum Gasteiger partial charge on any atom is 0.292 e. The molecule has 0 spiro atoms. The van der Waals surface area contributed by atoms with Gasteiger partial charge in [-0.25, -0.2) is 5.43 Å². The van der Waals surface area contributed by atoms with Gasteiger partial charge in [0, 0.05) is 18.0 Å². The summed E-state index contributed by atoms with van der Waals surface area (Å²) in [5, 5.41) is 17.4. The first kappa shape index (κ1) is 19.4. The standard InChI is InChI=1S/C20H16N6O3/c1-13-17(11-21)20(28)26(15-3-5-16(29-2)6-4-15)25-18(13)19(27)24-23-12-14-7-9-22-10-8-14/h3-10,12H,1-2H3,(H,24,27)/b23-12-. The van der Waals surface area contributed by atoms with Crippen LogP contribution in [0.15, 0.2) is 58.7 Å². The van der Waals surface area contributed by atoms with E-state index in [-0.39, 0.29) is 16.8 Å². The van der Waals surface area contributed by atoms with Crippen molar-refractivity contribution in [3.8, 4) is 17.5 Å². The molecule has 0 unspecified atom stereocenters. The molecule has 2 heterocycles. The van der Waals surface area contributed by atoms with Crippen molar-refractivity contribution in [2.45, 2.75) is 6.92 Å². The highest BCUT2D eigenvalue weighted by Crippen LogP contribution is 2.15. The van der Waals surface area contributed by atoms with E-state index in [0.717, 1.165) is 10.2 Å². The Labute approximate surface area is 165 Å². The number of nitrogens with one attached hydrogen (secondary N) is 1. The van der Waals surface area contributed by atoms with Gasteiger partial charge in [0.25, 0.3) is 11.5 Å². The van der Waals surface area contributed by atoms with Crippen molar-refractivity contribution < 1.29 is 9.53 Å². The van der Waals surface area contributed by atoms with Gasteiger partial charge in [0.2, 0.25) is 0 Å². The third kappa shape index (κ3) is 4.17. The first-order valence-electron chi connectivity index (χ1n) is 8.47. The van der Waals surface area contributed by atoms with Crippen LogP contribution in [-0.2, 0) is 0 Å². The molecule has 0 saturated carbocycles. The molecule has 0 aliphatic heterocycles. The minimum absolute atomic E-state index is 0.0798. The second kappa shape index (κ2) is 8.58. The highest BCUT2D eigenvalue weighted by molar-refractivity contribution is 5.94. The average molecular weight is 388 g/mol. The third-order valence-electron chi connectivity index (χ3n) is 4.07. The minimum Gasteiger partial charge on any atom is -0.497 e. The molecule has 1 aromatic carbocycles. The van der Waals surface area contributed by atoms with Gasteiger partial charge in [0.15, 0.2) is 5.69 Å². The zero-order valence-electron chi connectivity index (χ0n) is 15.7. The summed E-state index contributed by atoms with van der Waals surface area (Å²) in [5.74, 6) is -0.0515. The zero-order chi connectivity index (χ0) is 20.8. The monoisotopic (exact) mass is 388 g/mol. The van der Waals surface area contributed by atoms with Crippen molar-refractivity contribution >= 4 is 12.1 Å². The molecule has 0 aliphatic rings. The second-order valence-corrected chi connectivity index (χ2v) is 5.86. The van der Waals surface area contributed by atoms with Crippen LogP contribution in [0, 0.1) is 18.3 Å². The van der Waals surface area contributed by atoms with Crippen LogP contribution >= 0.6 is 0 Å². The zero-order valence-corrected chi connectivity index (χ0v) is 15.7. The normalized spacial score (nSPS) is 10.5. The molecule has 1 amide bonds. The van der Waals surface area contributed by atoms with Crippen LogP contribution in [0.25, 0.3) is 5.69 Å². The summed E-state index contributed by atoms with van der Waals surface area (Å²) in [4.78, 5) is 29.1. The quantitative estimate of drug-likeness (QED) is 0.523. The van der Waals surface area contributed by atoms with Gasteiger partial charge < -0.3 is 4.74 Å². The Kier molecular flexibility index (Phi) is 5.75. The van der Waals surface area contributed by atoms with E-state index in [1.54, 1.807) is 48.8 Å². The largest absolute Gasteiger partial charge is 0.497 e. The molecular weight excluding hydrogens is 372 g/mol. The van der Waals surface area contributed by atoms with Gasteiger partial charge in [-0.05, 0) is 48.9 Å². The fourth-order valence-corrected chi connectivity index (χ4v) is 2.52. The van der Waals surface area contributed by atoms with E-state index in [1.807, 2.05) is 6.07 Å². The van der Waals surface area contributed by atoms with Crippen molar-refractivity contribution in [3.63, 3.8) is 0 Å². The number of ether oxygens (including phenoxy) is 1. The van der Waals surface area contributed by atoms with Crippen LogP contribution in [0.4, 0.5) is 0 Å². The van der Waals surface area contributed by atoms with E-state index in [0.29, 0.717) is 11.4 Å². The average Bonchev–Trinajstić information content (AvgIpc) is 2.75. The lowest BCUT2D eigenvalue weighted by Gasteiger charge is -2.11. The highest BCUT2D eigenvalue weighted by atomic mass is 16.5. The predicted molar refractivity (Wildman–Crippen MR) is 105 cm³/mol. The minimum atomic E-state index is -0.647. The van der Waals surface area contributed by atoms with Gasteiger partial charge in [-0.15, -0.1) is 0 Å². The van der Waals surface area contributed by atoms with Crippen LogP contribution in [0.3, 0.4) is 0 Å². The number of carbonyl (C=O) groups excluding carboxylic acids is 1. The molecule has 9 heteroatoms. The van der Waals surface area contributed by atoms with Gasteiger partial charge in [0.1, 0.15) is 17.4 Å². The molecule has 0 fully saturated rings. The Morgan fingerprint density at radius 3 is 2.55 bits per heavy atom. The van der Waals surface area contributed by atoms with E-state index in [9.17, 15) is 14.9 Å². The molecule has 0 atom stereocenters. The molecule has 0 saturated heterocycles. The first-order chi connectivity index (χ1) is 14.0. The number of methoxy groups -OCH3 is 1. The number of amides is 1. The lowest BCUT2D eigenvalue weighted by molar-refractivity contribution is 0.0947. The number of hydrogen-bond acceptors (Lipinski definition) is 7. The summed E-state index contributed by atoms with van der Waals surface area (Å²) in [6, 6.07) is 11.8. The maximum absolute atomic E-state index is 12.6. The lowest BCUT2D eigenvalue weighted by atomic mass is 10.1. The SMILES string of the molecule is COc1ccc(-n2nc(C(=O)N/N=C\c3ccncc3)c(C)c(C#N)c2=O)cc1. The molecule has 29 heavy (non-hydrogen) atoms. The molecule has 1 N–H and O–H groups in total. The molecular formula is C20H16N6O3. The van der Waals surface area contributed by atoms with Gasteiger partial charge in [0.05, 0.1) is 19.0 Å².